The summed E-state index contributed by atoms with van der Waals surface area (Å²) in [6.45, 7) is 1.96. The molecule has 12 heavy (non-hydrogen) atoms. The van der Waals surface area contributed by atoms with E-state index < -0.39 is 0 Å². The van der Waals surface area contributed by atoms with E-state index in [4.69, 9.17) is 5.26 Å². The van der Waals surface area contributed by atoms with Gasteiger partial charge in [-0.05, 0) is 31.4 Å². The molecule has 0 amide bonds. The number of hydrogen-bond donors (Lipinski definition) is 0. The molecule has 0 aromatic carbocycles. The third-order valence-corrected chi connectivity index (χ3v) is 2.25. The van der Waals surface area contributed by atoms with Gasteiger partial charge in [-0.1, -0.05) is 0 Å². The summed E-state index contributed by atoms with van der Waals surface area (Å²) in [6.07, 6.45) is 4.21. The highest BCUT2D eigenvalue weighted by Crippen LogP contribution is 2.39. The van der Waals surface area contributed by atoms with Crippen LogP contribution in [0.1, 0.15) is 35.6 Å². The van der Waals surface area contributed by atoms with Crippen molar-refractivity contribution < 1.29 is 0 Å². The van der Waals surface area contributed by atoms with Gasteiger partial charge in [-0.3, -0.25) is 4.98 Å². The summed E-state index contributed by atoms with van der Waals surface area (Å²) in [5.74, 6) is 0.677. The SMILES string of the molecule is Cc1cc(C2CC2)ncc1C#N. The van der Waals surface area contributed by atoms with Gasteiger partial charge in [-0.25, -0.2) is 0 Å². The molecular weight excluding hydrogens is 148 g/mol. The Bertz CT molecular complexity index is 345. The number of aryl methyl sites for hydroxylation is 1. The minimum Gasteiger partial charge on any atom is -0.260 e. The molecule has 1 heterocycles. The number of nitriles is 1. The van der Waals surface area contributed by atoms with E-state index in [0.29, 0.717) is 11.5 Å². The molecule has 0 atom stereocenters. The molecule has 1 aromatic rings. The molecule has 0 unspecified atom stereocenters. The predicted molar refractivity (Wildman–Crippen MR) is 45.7 cm³/mol. The van der Waals surface area contributed by atoms with Gasteiger partial charge in [0.05, 0.1) is 5.56 Å². The molecule has 2 rings (SSSR count). The molecule has 0 N–H and O–H groups in total. The molecule has 0 radical (unpaired) electrons. The summed E-state index contributed by atoms with van der Waals surface area (Å²) >= 11 is 0. The van der Waals surface area contributed by atoms with Gasteiger partial charge in [-0.15, -0.1) is 0 Å². The first-order valence-corrected chi connectivity index (χ1v) is 4.18. The summed E-state index contributed by atoms with van der Waals surface area (Å²) in [7, 11) is 0. The van der Waals surface area contributed by atoms with Crippen LogP contribution in [-0.2, 0) is 0 Å². The van der Waals surface area contributed by atoms with Gasteiger partial charge in [0, 0.05) is 17.8 Å². The highest BCUT2D eigenvalue weighted by Gasteiger charge is 2.24. The second-order valence-corrected chi connectivity index (χ2v) is 3.31. The van der Waals surface area contributed by atoms with Crippen LogP contribution in [0.25, 0.3) is 0 Å². The predicted octanol–water partition coefficient (Wildman–Crippen LogP) is 2.14. The Balaban J connectivity index is 2.38. The monoisotopic (exact) mass is 158 g/mol. The van der Waals surface area contributed by atoms with Crippen molar-refractivity contribution in [1.82, 2.24) is 4.98 Å². The molecule has 1 aliphatic rings. The number of rotatable bonds is 1. The fraction of sp³-hybridized carbons (Fsp3) is 0.400. The normalized spacial score (nSPS) is 15.7. The van der Waals surface area contributed by atoms with E-state index in [1.165, 1.54) is 12.8 Å². The van der Waals surface area contributed by atoms with Crippen molar-refractivity contribution in [3.63, 3.8) is 0 Å². The molecule has 0 bridgehead atoms. The standard InChI is InChI=1S/C10H10N2/c1-7-4-10(8-2-3-8)12-6-9(7)5-11/h4,6,8H,2-3H2,1H3. The molecule has 1 aliphatic carbocycles. The van der Waals surface area contributed by atoms with Crippen LogP contribution in [0.4, 0.5) is 0 Å². The van der Waals surface area contributed by atoms with E-state index in [0.717, 1.165) is 11.3 Å². The Kier molecular flexibility index (Phi) is 1.58. The average molecular weight is 158 g/mol. The Morgan fingerprint density at radius 3 is 2.83 bits per heavy atom. The summed E-state index contributed by atoms with van der Waals surface area (Å²) in [6, 6.07) is 4.16. The molecule has 0 aliphatic heterocycles. The zero-order valence-corrected chi connectivity index (χ0v) is 7.04. The van der Waals surface area contributed by atoms with Crippen molar-refractivity contribution in [2.45, 2.75) is 25.7 Å². The summed E-state index contributed by atoms with van der Waals surface area (Å²) in [5.41, 5.74) is 2.90. The van der Waals surface area contributed by atoms with Crippen LogP contribution in [0.5, 0.6) is 0 Å². The van der Waals surface area contributed by atoms with Crippen molar-refractivity contribution in [2.75, 3.05) is 0 Å². The number of pyridine rings is 1. The van der Waals surface area contributed by atoms with E-state index in [2.05, 4.69) is 11.1 Å². The van der Waals surface area contributed by atoms with Gasteiger partial charge in [0.2, 0.25) is 0 Å². The van der Waals surface area contributed by atoms with E-state index in [-0.39, 0.29) is 0 Å². The zero-order chi connectivity index (χ0) is 8.55. The second-order valence-electron chi connectivity index (χ2n) is 3.31. The van der Waals surface area contributed by atoms with E-state index in [9.17, 15) is 0 Å². The van der Waals surface area contributed by atoms with Crippen LogP contribution < -0.4 is 0 Å². The lowest BCUT2D eigenvalue weighted by atomic mass is 10.1. The number of nitrogens with zero attached hydrogens (tertiary/aromatic N) is 2. The molecule has 1 saturated carbocycles. The largest absolute Gasteiger partial charge is 0.260 e. The van der Waals surface area contributed by atoms with Gasteiger partial charge >= 0.3 is 0 Å². The number of hydrogen-bond acceptors (Lipinski definition) is 2. The Morgan fingerprint density at radius 1 is 1.58 bits per heavy atom. The highest BCUT2D eigenvalue weighted by molar-refractivity contribution is 5.36. The van der Waals surface area contributed by atoms with Crippen molar-refractivity contribution in [1.29, 1.82) is 5.26 Å². The number of aromatic nitrogens is 1. The van der Waals surface area contributed by atoms with Crippen LogP contribution in [0.3, 0.4) is 0 Å². The maximum atomic E-state index is 8.67. The van der Waals surface area contributed by atoms with Crippen molar-refractivity contribution in [3.8, 4) is 6.07 Å². The quantitative estimate of drug-likeness (QED) is 0.627. The first-order valence-electron chi connectivity index (χ1n) is 4.18. The van der Waals surface area contributed by atoms with Gasteiger partial charge in [0.1, 0.15) is 6.07 Å². The lowest BCUT2D eigenvalue weighted by Crippen LogP contribution is -1.90. The molecule has 2 heteroatoms. The molecule has 1 fully saturated rings. The average Bonchev–Trinajstić information content (AvgIpc) is 2.86. The van der Waals surface area contributed by atoms with Crippen LogP contribution >= 0.6 is 0 Å². The third kappa shape index (κ3) is 1.18. The van der Waals surface area contributed by atoms with Crippen LogP contribution in [0.2, 0.25) is 0 Å². The fourth-order valence-corrected chi connectivity index (χ4v) is 1.30. The molecule has 2 nitrogen and oxygen atoms in total. The molecule has 0 saturated heterocycles. The Morgan fingerprint density at radius 2 is 2.33 bits per heavy atom. The van der Waals surface area contributed by atoms with Gasteiger partial charge < -0.3 is 0 Å². The zero-order valence-electron chi connectivity index (χ0n) is 7.04. The van der Waals surface area contributed by atoms with E-state index >= 15 is 0 Å². The first kappa shape index (κ1) is 7.30. The van der Waals surface area contributed by atoms with E-state index in [1.54, 1.807) is 6.20 Å². The van der Waals surface area contributed by atoms with E-state index in [1.807, 2.05) is 13.0 Å². The minimum atomic E-state index is 0.677. The summed E-state index contributed by atoms with van der Waals surface area (Å²) in [4.78, 5) is 4.25. The smallest absolute Gasteiger partial charge is 0.101 e. The van der Waals surface area contributed by atoms with Crippen molar-refractivity contribution in [2.24, 2.45) is 0 Å². The Hall–Kier alpha value is -1.36. The van der Waals surface area contributed by atoms with Crippen LogP contribution in [0, 0.1) is 18.3 Å². The van der Waals surface area contributed by atoms with Gasteiger partial charge in [0.15, 0.2) is 0 Å². The van der Waals surface area contributed by atoms with Gasteiger partial charge in [0.25, 0.3) is 0 Å². The third-order valence-electron chi connectivity index (χ3n) is 2.25. The summed E-state index contributed by atoms with van der Waals surface area (Å²) in [5, 5.41) is 8.67. The van der Waals surface area contributed by atoms with Crippen LogP contribution in [0.15, 0.2) is 12.3 Å². The van der Waals surface area contributed by atoms with Crippen molar-refractivity contribution >= 4 is 0 Å². The highest BCUT2D eigenvalue weighted by atomic mass is 14.7. The first-order chi connectivity index (χ1) is 5.81. The Labute approximate surface area is 71.9 Å². The van der Waals surface area contributed by atoms with Crippen LogP contribution in [-0.4, -0.2) is 4.98 Å². The minimum absolute atomic E-state index is 0.677. The summed E-state index contributed by atoms with van der Waals surface area (Å²) < 4.78 is 0. The van der Waals surface area contributed by atoms with Gasteiger partial charge in [-0.2, -0.15) is 5.26 Å². The lowest BCUT2D eigenvalue weighted by molar-refractivity contribution is 1.01. The molecule has 60 valence electrons. The lowest BCUT2D eigenvalue weighted by Gasteiger charge is -1.99. The van der Waals surface area contributed by atoms with Crippen molar-refractivity contribution in [3.05, 3.63) is 29.1 Å². The molecular formula is C10H10N2. The maximum Gasteiger partial charge on any atom is 0.101 e. The second kappa shape index (κ2) is 2.60. The topological polar surface area (TPSA) is 36.7 Å². The maximum absolute atomic E-state index is 8.67. The fourth-order valence-electron chi connectivity index (χ4n) is 1.30. The molecule has 1 aromatic heterocycles. The molecule has 0 spiro atoms.